The predicted molar refractivity (Wildman–Crippen MR) is 75.3 cm³/mol. The molecule has 0 unspecified atom stereocenters. The van der Waals surface area contributed by atoms with E-state index in [1.165, 1.54) is 18.4 Å². The molecule has 102 valence electrons. The largest absolute Gasteiger partial charge is 0.385 e. The van der Waals surface area contributed by atoms with E-state index in [1.807, 2.05) is 6.07 Å². The van der Waals surface area contributed by atoms with Crippen LogP contribution in [-0.4, -0.2) is 33.4 Å². The molecule has 0 fully saturated rings. The summed E-state index contributed by atoms with van der Waals surface area (Å²) in [6, 6.07) is 6.93. The quantitative estimate of drug-likeness (QED) is 0.863. The Hall–Kier alpha value is -1.07. The molecule has 0 spiro atoms. The van der Waals surface area contributed by atoms with Crippen molar-refractivity contribution in [2.45, 2.75) is 25.2 Å². The Morgan fingerprint density at radius 1 is 1.28 bits per heavy atom. The first kappa shape index (κ1) is 15.0. The number of rotatable bonds is 6. The standard InChI is InChI=1S/C13H22N2O2S/c1-11(2)8-9-14-12-6-5-7-13(10-12)18(16,17)15(3)4/h5-7,10-11,14H,8-9H2,1-4H3. The van der Waals surface area contributed by atoms with Crippen molar-refractivity contribution < 1.29 is 8.42 Å². The highest BCUT2D eigenvalue weighted by atomic mass is 32.2. The van der Waals surface area contributed by atoms with Gasteiger partial charge in [-0.25, -0.2) is 12.7 Å². The third-order valence-electron chi connectivity index (χ3n) is 2.66. The molecule has 5 heteroatoms. The number of hydrogen-bond acceptors (Lipinski definition) is 3. The van der Waals surface area contributed by atoms with Crippen molar-refractivity contribution in [1.29, 1.82) is 0 Å². The molecule has 0 atom stereocenters. The monoisotopic (exact) mass is 270 g/mol. The van der Waals surface area contributed by atoms with Crippen LogP contribution in [0.25, 0.3) is 0 Å². The maximum Gasteiger partial charge on any atom is 0.242 e. The maximum atomic E-state index is 12.0. The highest BCUT2D eigenvalue weighted by molar-refractivity contribution is 7.89. The third kappa shape index (κ3) is 3.99. The SMILES string of the molecule is CC(C)CCNc1cccc(S(=O)(=O)N(C)C)c1. The van der Waals surface area contributed by atoms with Gasteiger partial charge in [0.25, 0.3) is 0 Å². The zero-order valence-corrected chi connectivity index (χ0v) is 12.3. The fourth-order valence-corrected chi connectivity index (χ4v) is 2.43. The van der Waals surface area contributed by atoms with Crippen molar-refractivity contribution in [3.8, 4) is 0 Å². The van der Waals surface area contributed by atoms with Crippen LogP contribution in [0.2, 0.25) is 0 Å². The molecule has 0 aliphatic rings. The van der Waals surface area contributed by atoms with E-state index in [2.05, 4.69) is 19.2 Å². The van der Waals surface area contributed by atoms with E-state index in [9.17, 15) is 8.42 Å². The van der Waals surface area contributed by atoms with Crippen LogP contribution in [0, 0.1) is 5.92 Å². The van der Waals surface area contributed by atoms with Gasteiger partial charge < -0.3 is 5.32 Å². The van der Waals surface area contributed by atoms with Crippen LogP contribution in [0.1, 0.15) is 20.3 Å². The second-order valence-electron chi connectivity index (χ2n) is 4.92. The van der Waals surface area contributed by atoms with Gasteiger partial charge in [0.1, 0.15) is 0 Å². The van der Waals surface area contributed by atoms with Crippen molar-refractivity contribution in [2.24, 2.45) is 5.92 Å². The van der Waals surface area contributed by atoms with Crippen molar-refractivity contribution in [2.75, 3.05) is 26.0 Å². The van der Waals surface area contributed by atoms with Gasteiger partial charge in [-0.05, 0) is 30.5 Å². The zero-order valence-electron chi connectivity index (χ0n) is 11.5. The number of anilines is 1. The molecule has 0 aromatic heterocycles. The molecule has 0 aliphatic carbocycles. The van der Waals surface area contributed by atoms with E-state index < -0.39 is 10.0 Å². The van der Waals surface area contributed by atoms with Crippen LogP contribution in [0.3, 0.4) is 0 Å². The molecule has 0 bridgehead atoms. The van der Waals surface area contributed by atoms with E-state index in [1.54, 1.807) is 18.2 Å². The summed E-state index contributed by atoms with van der Waals surface area (Å²) >= 11 is 0. The molecule has 0 saturated carbocycles. The van der Waals surface area contributed by atoms with Gasteiger partial charge in [-0.1, -0.05) is 19.9 Å². The molecule has 0 radical (unpaired) electrons. The van der Waals surface area contributed by atoms with Gasteiger partial charge in [0.2, 0.25) is 10.0 Å². The van der Waals surface area contributed by atoms with E-state index in [0.717, 1.165) is 18.7 Å². The number of nitrogens with zero attached hydrogens (tertiary/aromatic N) is 1. The number of benzene rings is 1. The lowest BCUT2D eigenvalue weighted by Gasteiger charge is -2.13. The molecular formula is C13H22N2O2S. The lowest BCUT2D eigenvalue weighted by molar-refractivity contribution is 0.521. The Bertz CT molecular complexity index is 482. The minimum atomic E-state index is -3.35. The Labute approximate surface area is 110 Å². The molecular weight excluding hydrogens is 248 g/mol. The lowest BCUT2D eigenvalue weighted by atomic mass is 10.1. The molecule has 1 aromatic carbocycles. The van der Waals surface area contributed by atoms with Crippen molar-refractivity contribution in [3.63, 3.8) is 0 Å². The summed E-state index contributed by atoms with van der Waals surface area (Å²) < 4.78 is 25.2. The normalized spacial score (nSPS) is 12.1. The molecule has 1 aromatic rings. The van der Waals surface area contributed by atoms with Crippen LogP contribution < -0.4 is 5.32 Å². The van der Waals surface area contributed by atoms with Gasteiger partial charge in [0, 0.05) is 26.3 Å². The van der Waals surface area contributed by atoms with Crippen molar-refractivity contribution in [1.82, 2.24) is 4.31 Å². The number of sulfonamides is 1. The summed E-state index contributed by atoms with van der Waals surface area (Å²) in [4.78, 5) is 0.321. The van der Waals surface area contributed by atoms with Crippen LogP contribution in [0.4, 0.5) is 5.69 Å². The van der Waals surface area contributed by atoms with E-state index in [-0.39, 0.29) is 0 Å². The smallest absolute Gasteiger partial charge is 0.242 e. The lowest BCUT2D eigenvalue weighted by Crippen LogP contribution is -2.22. The third-order valence-corrected chi connectivity index (χ3v) is 4.47. The molecule has 0 heterocycles. The second kappa shape index (κ2) is 6.20. The highest BCUT2D eigenvalue weighted by Crippen LogP contribution is 2.18. The molecule has 1 rings (SSSR count). The first-order valence-corrected chi connectivity index (χ1v) is 7.54. The maximum absolute atomic E-state index is 12.0. The fourth-order valence-electron chi connectivity index (χ4n) is 1.48. The van der Waals surface area contributed by atoms with Crippen LogP contribution in [-0.2, 0) is 10.0 Å². The minimum Gasteiger partial charge on any atom is -0.385 e. The first-order valence-electron chi connectivity index (χ1n) is 6.10. The van der Waals surface area contributed by atoms with Crippen molar-refractivity contribution in [3.05, 3.63) is 24.3 Å². The van der Waals surface area contributed by atoms with Crippen LogP contribution in [0.5, 0.6) is 0 Å². The summed E-state index contributed by atoms with van der Waals surface area (Å²) in [5.74, 6) is 0.631. The van der Waals surface area contributed by atoms with Gasteiger partial charge in [-0.2, -0.15) is 0 Å². The van der Waals surface area contributed by atoms with Crippen LogP contribution >= 0.6 is 0 Å². The second-order valence-corrected chi connectivity index (χ2v) is 7.08. The van der Waals surface area contributed by atoms with Gasteiger partial charge in [0.05, 0.1) is 4.90 Å². The van der Waals surface area contributed by atoms with Gasteiger partial charge in [-0.3, -0.25) is 0 Å². The zero-order chi connectivity index (χ0) is 13.8. The number of nitrogens with one attached hydrogen (secondary N) is 1. The fraction of sp³-hybridized carbons (Fsp3) is 0.538. The molecule has 4 nitrogen and oxygen atoms in total. The molecule has 18 heavy (non-hydrogen) atoms. The van der Waals surface area contributed by atoms with E-state index in [4.69, 9.17) is 0 Å². The Balaban J connectivity index is 2.80. The summed E-state index contributed by atoms with van der Waals surface area (Å²) in [6.07, 6.45) is 1.06. The summed E-state index contributed by atoms with van der Waals surface area (Å²) in [6.45, 7) is 5.17. The Morgan fingerprint density at radius 3 is 2.50 bits per heavy atom. The molecule has 0 amide bonds. The van der Waals surface area contributed by atoms with Crippen LogP contribution in [0.15, 0.2) is 29.2 Å². The molecule has 1 N–H and O–H groups in total. The Morgan fingerprint density at radius 2 is 1.94 bits per heavy atom. The molecule has 0 saturated heterocycles. The number of hydrogen-bond donors (Lipinski definition) is 1. The van der Waals surface area contributed by atoms with Gasteiger partial charge in [-0.15, -0.1) is 0 Å². The van der Waals surface area contributed by atoms with Gasteiger partial charge >= 0.3 is 0 Å². The average molecular weight is 270 g/mol. The summed E-state index contributed by atoms with van der Waals surface area (Å²) in [5.41, 5.74) is 0.846. The van der Waals surface area contributed by atoms with E-state index in [0.29, 0.717) is 10.8 Å². The topological polar surface area (TPSA) is 49.4 Å². The minimum absolute atomic E-state index is 0.321. The predicted octanol–water partition coefficient (Wildman–Crippen LogP) is 2.39. The van der Waals surface area contributed by atoms with Gasteiger partial charge in [0.15, 0.2) is 0 Å². The highest BCUT2D eigenvalue weighted by Gasteiger charge is 2.16. The average Bonchev–Trinajstić information content (AvgIpc) is 2.28. The van der Waals surface area contributed by atoms with E-state index >= 15 is 0 Å². The van der Waals surface area contributed by atoms with Crippen molar-refractivity contribution >= 4 is 15.7 Å². The summed E-state index contributed by atoms with van der Waals surface area (Å²) in [5, 5.41) is 3.24. The first-order chi connectivity index (χ1) is 8.34. The Kier molecular flexibility index (Phi) is 5.16. The molecule has 0 aliphatic heterocycles. The summed E-state index contributed by atoms with van der Waals surface area (Å²) in [7, 11) is -0.276.